The van der Waals surface area contributed by atoms with Crippen molar-refractivity contribution in [1.29, 1.82) is 0 Å². The second-order valence-corrected chi connectivity index (χ2v) is 19.7. The maximum Gasteiger partial charge on any atom is 0.297 e. The zero-order chi connectivity index (χ0) is 38.3. The van der Waals surface area contributed by atoms with Crippen LogP contribution in [-0.4, -0.2) is 6.71 Å². The summed E-state index contributed by atoms with van der Waals surface area (Å²) < 4.78 is 7.38. The summed E-state index contributed by atoms with van der Waals surface area (Å²) in [7, 11) is 0. The number of furan rings is 1. The molecular formula is C52H55BN2O. The number of aryl methyl sites for hydroxylation is 2. The summed E-state index contributed by atoms with van der Waals surface area (Å²) in [4.78, 5) is 5.16. The van der Waals surface area contributed by atoms with Gasteiger partial charge >= 0.3 is 0 Å². The number of nitrogens with zero attached hydrogens (tertiary/aromatic N) is 2. The zero-order valence-electron chi connectivity index (χ0n) is 34.4. The molecule has 56 heavy (non-hydrogen) atoms. The van der Waals surface area contributed by atoms with Gasteiger partial charge in [-0.25, -0.2) is 0 Å². The first kappa shape index (κ1) is 34.5. The Balaban J connectivity index is 1.23. The van der Waals surface area contributed by atoms with Crippen LogP contribution in [0.15, 0.2) is 101 Å². The molecule has 6 aromatic rings. The highest BCUT2D eigenvalue weighted by Gasteiger charge is 2.50. The van der Waals surface area contributed by atoms with Crippen LogP contribution in [0, 0.1) is 25.7 Å². The highest BCUT2D eigenvalue weighted by Crippen LogP contribution is 2.55. The first-order valence-corrected chi connectivity index (χ1v) is 21.6. The van der Waals surface area contributed by atoms with E-state index in [-0.39, 0.29) is 23.0 Å². The molecule has 2 aliphatic heterocycles. The molecular weight excluding hydrogens is 679 g/mol. The van der Waals surface area contributed by atoms with Crippen LogP contribution >= 0.6 is 0 Å². The van der Waals surface area contributed by atoms with E-state index in [1.165, 1.54) is 130 Å². The fraction of sp³-hybridized carbons (Fsp3) is 0.385. The highest BCUT2D eigenvalue weighted by atomic mass is 16.3. The Morgan fingerprint density at radius 1 is 0.679 bits per heavy atom. The van der Waals surface area contributed by atoms with Crippen LogP contribution in [0.4, 0.5) is 34.1 Å². The van der Waals surface area contributed by atoms with Gasteiger partial charge < -0.3 is 14.2 Å². The predicted octanol–water partition coefficient (Wildman–Crippen LogP) is 12.3. The minimum atomic E-state index is -0.0422. The van der Waals surface area contributed by atoms with Gasteiger partial charge in [0.1, 0.15) is 5.58 Å². The lowest BCUT2D eigenvalue weighted by Gasteiger charge is -2.46. The van der Waals surface area contributed by atoms with Crippen molar-refractivity contribution in [2.45, 2.75) is 116 Å². The Morgan fingerprint density at radius 2 is 1.32 bits per heavy atom. The van der Waals surface area contributed by atoms with Crippen LogP contribution in [-0.2, 0) is 16.2 Å². The third-order valence-electron chi connectivity index (χ3n) is 15.5. The van der Waals surface area contributed by atoms with Gasteiger partial charge in [0.2, 0.25) is 0 Å². The van der Waals surface area contributed by atoms with Crippen molar-refractivity contribution in [3.8, 4) is 0 Å². The third-order valence-corrected chi connectivity index (χ3v) is 15.5. The third kappa shape index (κ3) is 4.77. The van der Waals surface area contributed by atoms with E-state index in [4.69, 9.17) is 4.42 Å². The molecule has 2 fully saturated rings. The Labute approximate surface area is 334 Å². The average molecular weight is 735 g/mol. The SMILES string of the molecule is CC[C@@]1(c2ccc3oc4c(c3c2)N(c2ccccc2)c2cccc3c2B4c2cc4c(cc2N3c2c(C)cccc2C)C(C)(C)CCC4(C)C)CC2CC[C@H](C2)C1. The molecule has 0 N–H and O–H groups in total. The molecule has 5 aliphatic rings. The Morgan fingerprint density at radius 3 is 2.00 bits per heavy atom. The van der Waals surface area contributed by atoms with E-state index >= 15 is 0 Å². The number of para-hydroxylation sites is 2. The van der Waals surface area contributed by atoms with E-state index in [9.17, 15) is 0 Å². The normalized spacial score (nSPS) is 23.8. The summed E-state index contributed by atoms with van der Waals surface area (Å²) in [6, 6.07) is 37.4. The Bertz CT molecular complexity index is 2550. The summed E-state index contributed by atoms with van der Waals surface area (Å²) in [6.45, 7) is 16.8. The highest BCUT2D eigenvalue weighted by molar-refractivity contribution is 7.00. The number of fused-ring (bicyclic) bond motifs is 9. The van der Waals surface area contributed by atoms with E-state index in [1.807, 2.05) is 0 Å². The van der Waals surface area contributed by atoms with E-state index in [1.54, 1.807) is 0 Å². The van der Waals surface area contributed by atoms with Crippen molar-refractivity contribution in [3.63, 3.8) is 0 Å². The van der Waals surface area contributed by atoms with Crippen molar-refractivity contribution in [3.05, 3.63) is 125 Å². The molecule has 3 atom stereocenters. The molecule has 4 heteroatoms. The van der Waals surface area contributed by atoms with Crippen LogP contribution in [0.3, 0.4) is 0 Å². The van der Waals surface area contributed by atoms with Gasteiger partial charge in [0, 0.05) is 28.1 Å². The van der Waals surface area contributed by atoms with Gasteiger partial charge in [-0.2, -0.15) is 0 Å². The molecule has 282 valence electrons. The molecule has 5 aromatic carbocycles. The van der Waals surface area contributed by atoms with Gasteiger partial charge in [0.05, 0.1) is 17.0 Å². The zero-order valence-corrected chi connectivity index (χ0v) is 34.4. The molecule has 3 heterocycles. The van der Waals surface area contributed by atoms with Crippen molar-refractivity contribution in [2.75, 3.05) is 9.80 Å². The maximum absolute atomic E-state index is 7.38. The average Bonchev–Trinajstić information content (AvgIpc) is 3.75. The largest absolute Gasteiger partial charge is 0.468 e. The van der Waals surface area contributed by atoms with Crippen molar-refractivity contribution < 1.29 is 4.42 Å². The lowest BCUT2D eigenvalue weighted by atomic mass is 9.35. The fourth-order valence-electron chi connectivity index (χ4n) is 12.5. The Hall–Kier alpha value is -4.70. The molecule has 3 aliphatic carbocycles. The summed E-state index contributed by atoms with van der Waals surface area (Å²) in [5, 5.41) is 1.25. The summed E-state index contributed by atoms with van der Waals surface area (Å²) >= 11 is 0. The van der Waals surface area contributed by atoms with Gasteiger partial charge in [0.25, 0.3) is 6.71 Å². The van der Waals surface area contributed by atoms with Crippen LogP contribution in [0.5, 0.6) is 0 Å². The first-order valence-electron chi connectivity index (χ1n) is 21.6. The number of rotatable bonds is 4. The topological polar surface area (TPSA) is 19.6 Å². The van der Waals surface area contributed by atoms with Crippen LogP contribution in [0.25, 0.3) is 11.0 Å². The summed E-state index contributed by atoms with van der Waals surface area (Å²) in [5.41, 5.74) is 19.7. The quantitative estimate of drug-likeness (QED) is 0.168. The number of hydrogen-bond acceptors (Lipinski definition) is 3. The molecule has 0 amide bonds. The minimum Gasteiger partial charge on any atom is -0.468 e. The van der Waals surface area contributed by atoms with E-state index in [0.717, 1.165) is 23.1 Å². The smallest absolute Gasteiger partial charge is 0.297 e. The molecule has 2 bridgehead atoms. The number of anilines is 6. The fourth-order valence-corrected chi connectivity index (χ4v) is 12.5. The second-order valence-electron chi connectivity index (χ2n) is 19.7. The standard InChI is InChI=1S/C52H55BN2O/c1-8-52(30-34-20-21-35(26-34)31-52)36-22-23-45-38(27-36)48-49(56-45)53-41-28-39-40(51(6,7)25-24-50(39,4)5)29-44(41)55(47-32(2)14-12-15-33(47)3)43-19-13-18-42(46(43)53)54(48)37-16-10-9-11-17-37/h9-19,22-23,27-29,34-35H,8,20-21,24-26,30-31H2,1-7H3/t34-,35?,52+/m1/s1. The minimum absolute atomic E-state index is 0.0422. The van der Waals surface area contributed by atoms with E-state index in [0.29, 0.717) is 0 Å². The van der Waals surface area contributed by atoms with E-state index in [2.05, 4.69) is 155 Å². The summed E-state index contributed by atoms with van der Waals surface area (Å²) in [5.74, 6) is 1.74. The van der Waals surface area contributed by atoms with Crippen molar-refractivity contribution >= 4 is 68.4 Å². The molecule has 1 aromatic heterocycles. The maximum atomic E-state index is 7.38. The number of hydrogen-bond donors (Lipinski definition) is 0. The lowest BCUT2D eigenvalue weighted by Crippen LogP contribution is -2.61. The van der Waals surface area contributed by atoms with Gasteiger partial charge in [-0.3, -0.25) is 0 Å². The van der Waals surface area contributed by atoms with Crippen LogP contribution in [0.2, 0.25) is 0 Å². The van der Waals surface area contributed by atoms with Crippen molar-refractivity contribution in [2.24, 2.45) is 11.8 Å². The molecule has 1 unspecified atom stereocenters. The lowest BCUT2D eigenvalue weighted by molar-refractivity contribution is 0.207. The molecule has 0 radical (unpaired) electrons. The van der Waals surface area contributed by atoms with Gasteiger partial charge in [0.15, 0.2) is 0 Å². The van der Waals surface area contributed by atoms with Gasteiger partial charge in [-0.05, 0) is 162 Å². The van der Waals surface area contributed by atoms with Crippen LogP contribution < -0.4 is 26.4 Å². The van der Waals surface area contributed by atoms with Crippen molar-refractivity contribution in [1.82, 2.24) is 0 Å². The molecule has 0 saturated heterocycles. The van der Waals surface area contributed by atoms with Crippen LogP contribution in [0.1, 0.15) is 114 Å². The second kappa shape index (κ2) is 11.9. The molecule has 3 nitrogen and oxygen atoms in total. The Kier molecular flexibility index (Phi) is 7.35. The summed E-state index contributed by atoms with van der Waals surface area (Å²) in [6.07, 6.45) is 10.5. The predicted molar refractivity (Wildman–Crippen MR) is 237 cm³/mol. The molecule has 2 saturated carbocycles. The molecule has 0 spiro atoms. The monoisotopic (exact) mass is 734 g/mol. The van der Waals surface area contributed by atoms with Gasteiger partial charge in [-0.15, -0.1) is 0 Å². The first-order chi connectivity index (χ1) is 27.0. The van der Waals surface area contributed by atoms with Gasteiger partial charge in [-0.1, -0.05) is 102 Å². The van der Waals surface area contributed by atoms with E-state index < -0.39 is 0 Å². The number of benzene rings is 5. The molecule has 11 rings (SSSR count).